The van der Waals surface area contributed by atoms with Gasteiger partial charge in [0.25, 0.3) is 0 Å². The quantitative estimate of drug-likeness (QED) is 0.726. The number of halogens is 1. The van der Waals surface area contributed by atoms with Crippen molar-refractivity contribution in [3.05, 3.63) is 20.8 Å². The van der Waals surface area contributed by atoms with Crippen LogP contribution >= 0.6 is 27.3 Å². The number of nitrogens with one attached hydrogen (secondary N) is 1. The zero-order valence-corrected chi connectivity index (χ0v) is 14.9. The SMILES string of the molecule is CCNC(c1sccc1Br)C(OCC)C1CCCCC1. The average molecular weight is 360 g/mol. The lowest BCUT2D eigenvalue weighted by atomic mass is 9.82. The molecule has 0 saturated heterocycles. The standard InChI is InChI=1S/C16H26BrNOS/c1-3-18-14(16-13(17)10-11-20-16)15(19-4-2)12-8-6-5-7-9-12/h10-12,14-15,18H,3-9H2,1-2H3. The molecular formula is C16H26BrNOS. The molecule has 114 valence electrons. The van der Waals surface area contributed by atoms with Gasteiger partial charge in [0.05, 0.1) is 12.1 Å². The fraction of sp³-hybridized carbons (Fsp3) is 0.750. The van der Waals surface area contributed by atoms with Gasteiger partial charge in [-0.15, -0.1) is 11.3 Å². The zero-order valence-electron chi connectivity index (χ0n) is 12.5. The maximum Gasteiger partial charge on any atom is 0.0806 e. The summed E-state index contributed by atoms with van der Waals surface area (Å²) in [6.07, 6.45) is 7.04. The highest BCUT2D eigenvalue weighted by Gasteiger charge is 2.33. The predicted molar refractivity (Wildman–Crippen MR) is 90.4 cm³/mol. The molecule has 1 saturated carbocycles. The first-order valence-electron chi connectivity index (χ1n) is 7.85. The Kier molecular flexibility index (Phi) is 7.02. The fourth-order valence-corrected chi connectivity index (χ4v) is 4.99. The summed E-state index contributed by atoms with van der Waals surface area (Å²) < 4.78 is 7.41. The van der Waals surface area contributed by atoms with Gasteiger partial charge in [-0.2, -0.15) is 0 Å². The van der Waals surface area contributed by atoms with Crippen LogP contribution in [0.1, 0.15) is 56.9 Å². The minimum Gasteiger partial charge on any atom is -0.376 e. The van der Waals surface area contributed by atoms with Crippen LogP contribution in [0.5, 0.6) is 0 Å². The van der Waals surface area contributed by atoms with Crippen molar-refractivity contribution in [2.75, 3.05) is 13.2 Å². The van der Waals surface area contributed by atoms with Crippen LogP contribution in [-0.2, 0) is 4.74 Å². The molecule has 20 heavy (non-hydrogen) atoms. The minimum absolute atomic E-state index is 0.301. The average Bonchev–Trinajstić information content (AvgIpc) is 2.90. The van der Waals surface area contributed by atoms with E-state index in [4.69, 9.17) is 4.74 Å². The number of ether oxygens (including phenoxy) is 1. The first-order valence-corrected chi connectivity index (χ1v) is 9.53. The highest BCUT2D eigenvalue weighted by Crippen LogP contribution is 2.38. The van der Waals surface area contributed by atoms with Crippen LogP contribution in [0.15, 0.2) is 15.9 Å². The molecule has 0 spiro atoms. The Labute approximate surface area is 135 Å². The number of hydrogen-bond donors (Lipinski definition) is 1. The molecule has 4 heteroatoms. The van der Waals surface area contributed by atoms with Gasteiger partial charge in [0.1, 0.15) is 0 Å². The molecule has 1 aliphatic carbocycles. The Morgan fingerprint density at radius 3 is 2.65 bits per heavy atom. The summed E-state index contributed by atoms with van der Waals surface area (Å²) in [6.45, 7) is 6.07. The van der Waals surface area contributed by atoms with Crippen molar-refractivity contribution in [3.8, 4) is 0 Å². The number of likely N-dealkylation sites (N-methyl/N-ethyl adjacent to an activating group) is 1. The highest BCUT2D eigenvalue weighted by atomic mass is 79.9. The Morgan fingerprint density at radius 2 is 2.10 bits per heavy atom. The Balaban J connectivity index is 2.19. The van der Waals surface area contributed by atoms with Crippen LogP contribution in [0.2, 0.25) is 0 Å². The van der Waals surface area contributed by atoms with Crippen molar-refractivity contribution in [3.63, 3.8) is 0 Å². The zero-order chi connectivity index (χ0) is 14.4. The van der Waals surface area contributed by atoms with Gasteiger partial charge in [0.15, 0.2) is 0 Å². The molecule has 2 nitrogen and oxygen atoms in total. The lowest BCUT2D eigenvalue weighted by molar-refractivity contribution is -0.0174. The van der Waals surface area contributed by atoms with Gasteiger partial charge in [-0.05, 0) is 59.6 Å². The van der Waals surface area contributed by atoms with E-state index in [-0.39, 0.29) is 0 Å². The predicted octanol–water partition coefficient (Wildman–Crippen LogP) is 5.15. The molecule has 1 fully saturated rings. The van der Waals surface area contributed by atoms with Crippen molar-refractivity contribution in [2.45, 2.75) is 58.1 Å². The van der Waals surface area contributed by atoms with E-state index in [1.807, 2.05) is 11.3 Å². The molecule has 1 N–H and O–H groups in total. The summed E-state index contributed by atoms with van der Waals surface area (Å²) in [7, 11) is 0. The summed E-state index contributed by atoms with van der Waals surface area (Å²) in [4.78, 5) is 1.39. The molecule has 1 aromatic rings. The first kappa shape index (κ1) is 16.5. The van der Waals surface area contributed by atoms with Crippen LogP contribution < -0.4 is 5.32 Å². The summed E-state index contributed by atoms with van der Waals surface area (Å²) in [6, 6.07) is 2.46. The third-order valence-corrected chi connectivity index (χ3v) is 6.11. The van der Waals surface area contributed by atoms with Crippen molar-refractivity contribution in [2.24, 2.45) is 5.92 Å². The lowest BCUT2D eigenvalue weighted by Crippen LogP contribution is -2.39. The van der Waals surface area contributed by atoms with E-state index in [1.54, 1.807) is 0 Å². The second-order valence-electron chi connectivity index (χ2n) is 5.49. The maximum atomic E-state index is 6.20. The number of rotatable bonds is 7. The fourth-order valence-electron chi connectivity index (χ4n) is 3.26. The van der Waals surface area contributed by atoms with Gasteiger partial charge in [0.2, 0.25) is 0 Å². The molecule has 0 amide bonds. The van der Waals surface area contributed by atoms with Crippen LogP contribution in [0.25, 0.3) is 0 Å². The molecule has 0 bridgehead atoms. The smallest absolute Gasteiger partial charge is 0.0806 e. The van der Waals surface area contributed by atoms with E-state index in [9.17, 15) is 0 Å². The normalized spacial score (nSPS) is 19.9. The topological polar surface area (TPSA) is 21.3 Å². The van der Waals surface area contributed by atoms with E-state index in [2.05, 4.69) is 46.5 Å². The minimum atomic E-state index is 0.301. The molecule has 2 atom stereocenters. The highest BCUT2D eigenvalue weighted by molar-refractivity contribution is 9.10. The van der Waals surface area contributed by atoms with Crippen molar-refractivity contribution < 1.29 is 4.74 Å². The molecule has 1 aliphatic rings. The van der Waals surface area contributed by atoms with Crippen molar-refractivity contribution in [1.82, 2.24) is 5.32 Å². The van der Waals surface area contributed by atoms with E-state index >= 15 is 0 Å². The Morgan fingerprint density at radius 1 is 1.35 bits per heavy atom. The van der Waals surface area contributed by atoms with Gasteiger partial charge in [-0.3, -0.25) is 0 Å². The summed E-state index contributed by atoms with van der Waals surface area (Å²) in [5.41, 5.74) is 0. The maximum absolute atomic E-state index is 6.20. The van der Waals surface area contributed by atoms with E-state index in [0.717, 1.165) is 13.2 Å². The third kappa shape index (κ3) is 4.06. The monoisotopic (exact) mass is 359 g/mol. The van der Waals surface area contributed by atoms with Crippen LogP contribution in [0, 0.1) is 5.92 Å². The number of thiophene rings is 1. The molecule has 2 rings (SSSR count). The molecule has 0 radical (unpaired) electrons. The summed E-state index contributed by atoms with van der Waals surface area (Å²) in [5, 5.41) is 5.82. The number of hydrogen-bond acceptors (Lipinski definition) is 3. The second kappa shape index (κ2) is 8.52. The summed E-state index contributed by atoms with van der Waals surface area (Å²) in [5.74, 6) is 0.696. The van der Waals surface area contributed by atoms with Crippen LogP contribution in [-0.4, -0.2) is 19.3 Å². The van der Waals surface area contributed by atoms with Gasteiger partial charge in [-0.1, -0.05) is 26.2 Å². The van der Waals surface area contributed by atoms with Crippen LogP contribution in [0.4, 0.5) is 0 Å². The molecule has 1 aromatic heterocycles. The van der Waals surface area contributed by atoms with Gasteiger partial charge >= 0.3 is 0 Å². The van der Waals surface area contributed by atoms with Gasteiger partial charge in [-0.25, -0.2) is 0 Å². The molecule has 2 unspecified atom stereocenters. The summed E-state index contributed by atoms with van der Waals surface area (Å²) >= 11 is 5.52. The largest absolute Gasteiger partial charge is 0.376 e. The lowest BCUT2D eigenvalue weighted by Gasteiger charge is -2.36. The molecule has 1 heterocycles. The van der Waals surface area contributed by atoms with E-state index in [0.29, 0.717) is 18.1 Å². The second-order valence-corrected chi connectivity index (χ2v) is 7.29. The van der Waals surface area contributed by atoms with Crippen LogP contribution in [0.3, 0.4) is 0 Å². The molecule has 0 aromatic carbocycles. The Bertz CT molecular complexity index is 390. The van der Waals surface area contributed by atoms with Crippen molar-refractivity contribution >= 4 is 27.3 Å². The molecule has 0 aliphatic heterocycles. The van der Waals surface area contributed by atoms with Gasteiger partial charge in [0, 0.05) is 16.0 Å². The third-order valence-electron chi connectivity index (χ3n) is 4.15. The van der Waals surface area contributed by atoms with Gasteiger partial charge < -0.3 is 10.1 Å². The van der Waals surface area contributed by atoms with Crippen molar-refractivity contribution in [1.29, 1.82) is 0 Å². The van der Waals surface area contributed by atoms with E-state index in [1.165, 1.54) is 41.5 Å². The molecular weight excluding hydrogens is 334 g/mol. The Hall–Kier alpha value is 0.1000. The first-order chi connectivity index (χ1) is 9.77. The van der Waals surface area contributed by atoms with E-state index < -0.39 is 0 Å².